The Balaban J connectivity index is 2.02. The van der Waals surface area contributed by atoms with Gasteiger partial charge in [0.05, 0.1) is 17.1 Å². The van der Waals surface area contributed by atoms with Crippen molar-refractivity contribution in [3.8, 4) is 5.75 Å². The summed E-state index contributed by atoms with van der Waals surface area (Å²) in [5.74, 6) is 6.21. The molecule has 3 nitrogen and oxygen atoms in total. The lowest BCUT2D eigenvalue weighted by Gasteiger charge is -2.23. The first-order valence-electron chi connectivity index (χ1n) is 6.34. The summed E-state index contributed by atoms with van der Waals surface area (Å²) >= 11 is 3.21. The quantitative estimate of drug-likeness (QED) is 0.668. The number of rotatable bonds is 3. The molecular weight excluding hydrogens is 323 g/mol. The van der Waals surface area contributed by atoms with E-state index in [4.69, 9.17) is 10.6 Å². The van der Waals surface area contributed by atoms with Crippen LogP contribution in [0, 0.1) is 5.82 Å². The number of para-hydroxylation sites is 1. The Hall–Kier alpha value is -1.43. The van der Waals surface area contributed by atoms with Crippen LogP contribution in [0.1, 0.15) is 23.1 Å². The van der Waals surface area contributed by atoms with Crippen molar-refractivity contribution in [2.75, 3.05) is 6.61 Å². The Kier molecular flexibility index (Phi) is 3.74. The van der Waals surface area contributed by atoms with Crippen molar-refractivity contribution in [1.29, 1.82) is 0 Å². The SMILES string of the molecule is NNC(c1cccc(Br)c1F)C1COc2ccccc21. The Morgan fingerprint density at radius 3 is 2.85 bits per heavy atom. The Labute approximate surface area is 125 Å². The highest BCUT2D eigenvalue weighted by Gasteiger charge is 2.33. The molecular formula is C15H14BrFN2O. The van der Waals surface area contributed by atoms with Gasteiger partial charge in [0, 0.05) is 17.0 Å². The third kappa shape index (κ3) is 2.22. The summed E-state index contributed by atoms with van der Waals surface area (Å²) in [4.78, 5) is 0. The zero-order valence-corrected chi connectivity index (χ0v) is 12.2. The molecule has 2 atom stereocenters. The topological polar surface area (TPSA) is 47.3 Å². The fourth-order valence-corrected chi connectivity index (χ4v) is 3.03. The molecule has 20 heavy (non-hydrogen) atoms. The fourth-order valence-electron chi connectivity index (χ4n) is 2.65. The molecule has 0 aliphatic carbocycles. The molecule has 0 bridgehead atoms. The predicted molar refractivity (Wildman–Crippen MR) is 78.8 cm³/mol. The van der Waals surface area contributed by atoms with Crippen LogP contribution < -0.4 is 16.0 Å². The molecule has 5 heteroatoms. The van der Waals surface area contributed by atoms with Crippen LogP contribution in [-0.2, 0) is 0 Å². The molecule has 2 unspecified atom stereocenters. The van der Waals surface area contributed by atoms with E-state index in [9.17, 15) is 4.39 Å². The molecule has 0 saturated carbocycles. The van der Waals surface area contributed by atoms with Gasteiger partial charge < -0.3 is 4.74 Å². The number of nitrogens with one attached hydrogen (secondary N) is 1. The number of benzene rings is 2. The third-order valence-electron chi connectivity index (χ3n) is 3.64. The van der Waals surface area contributed by atoms with Crippen molar-refractivity contribution in [3.63, 3.8) is 0 Å². The number of hydrogen-bond acceptors (Lipinski definition) is 3. The van der Waals surface area contributed by atoms with Gasteiger partial charge >= 0.3 is 0 Å². The zero-order valence-electron chi connectivity index (χ0n) is 10.6. The minimum absolute atomic E-state index is 0.0139. The number of fused-ring (bicyclic) bond motifs is 1. The highest BCUT2D eigenvalue weighted by Crippen LogP contribution is 2.41. The van der Waals surface area contributed by atoms with Gasteiger partial charge in [-0.15, -0.1) is 0 Å². The van der Waals surface area contributed by atoms with Crippen LogP contribution in [0.2, 0.25) is 0 Å². The van der Waals surface area contributed by atoms with Gasteiger partial charge in [-0.05, 0) is 28.1 Å². The fraction of sp³-hybridized carbons (Fsp3) is 0.200. The van der Waals surface area contributed by atoms with Crippen molar-refractivity contribution in [2.45, 2.75) is 12.0 Å². The Morgan fingerprint density at radius 1 is 1.25 bits per heavy atom. The van der Waals surface area contributed by atoms with Crippen LogP contribution in [0.5, 0.6) is 5.75 Å². The first-order valence-corrected chi connectivity index (χ1v) is 7.13. The van der Waals surface area contributed by atoms with E-state index in [-0.39, 0.29) is 17.8 Å². The minimum atomic E-state index is -0.337. The highest BCUT2D eigenvalue weighted by molar-refractivity contribution is 9.10. The van der Waals surface area contributed by atoms with Gasteiger partial charge in [0.1, 0.15) is 11.6 Å². The second kappa shape index (κ2) is 5.52. The van der Waals surface area contributed by atoms with Crippen LogP contribution in [0.15, 0.2) is 46.9 Å². The number of nitrogens with two attached hydrogens (primary N) is 1. The summed E-state index contributed by atoms with van der Waals surface area (Å²) in [6.45, 7) is 0.486. The van der Waals surface area contributed by atoms with Gasteiger partial charge in [-0.2, -0.15) is 0 Å². The second-order valence-corrected chi connectivity index (χ2v) is 5.60. The first-order chi connectivity index (χ1) is 9.72. The molecule has 3 rings (SSSR count). The molecule has 0 aromatic heterocycles. The van der Waals surface area contributed by atoms with Crippen molar-refractivity contribution in [1.82, 2.24) is 5.43 Å². The van der Waals surface area contributed by atoms with Gasteiger partial charge in [-0.3, -0.25) is 11.3 Å². The van der Waals surface area contributed by atoms with Crippen LogP contribution in [0.4, 0.5) is 4.39 Å². The average molecular weight is 337 g/mol. The smallest absolute Gasteiger partial charge is 0.142 e. The molecule has 2 aromatic carbocycles. The van der Waals surface area contributed by atoms with Gasteiger partial charge in [0.25, 0.3) is 0 Å². The van der Waals surface area contributed by atoms with E-state index >= 15 is 0 Å². The minimum Gasteiger partial charge on any atom is -0.493 e. The molecule has 104 valence electrons. The average Bonchev–Trinajstić information content (AvgIpc) is 2.88. The lowest BCUT2D eigenvalue weighted by Crippen LogP contribution is -2.34. The lowest BCUT2D eigenvalue weighted by atomic mass is 9.89. The number of hydrogen-bond donors (Lipinski definition) is 2. The first kappa shape index (κ1) is 13.5. The second-order valence-electron chi connectivity index (χ2n) is 4.74. The van der Waals surface area contributed by atoms with E-state index in [2.05, 4.69) is 21.4 Å². The van der Waals surface area contributed by atoms with Crippen LogP contribution in [-0.4, -0.2) is 6.61 Å². The van der Waals surface area contributed by atoms with Gasteiger partial charge in [0.2, 0.25) is 0 Å². The normalized spacial score (nSPS) is 18.4. The Bertz CT molecular complexity index is 635. The van der Waals surface area contributed by atoms with Crippen molar-refractivity contribution in [2.24, 2.45) is 5.84 Å². The summed E-state index contributed by atoms with van der Waals surface area (Å²) in [7, 11) is 0. The molecule has 2 aromatic rings. The predicted octanol–water partition coefficient (Wildman–Crippen LogP) is 3.27. The zero-order chi connectivity index (χ0) is 14.1. The molecule has 0 saturated heterocycles. The summed E-state index contributed by atoms with van der Waals surface area (Å²) in [6.07, 6.45) is 0. The number of halogens is 2. The lowest BCUT2D eigenvalue weighted by molar-refractivity contribution is 0.298. The molecule has 3 N–H and O–H groups in total. The van der Waals surface area contributed by atoms with Crippen LogP contribution in [0.25, 0.3) is 0 Å². The summed E-state index contributed by atoms with van der Waals surface area (Å²) in [6, 6.07) is 12.7. The summed E-state index contributed by atoms with van der Waals surface area (Å²) in [5, 5.41) is 0. The Morgan fingerprint density at radius 2 is 2.05 bits per heavy atom. The summed E-state index contributed by atoms with van der Waals surface area (Å²) < 4.78 is 20.4. The standard InChI is InChI=1S/C15H14BrFN2O/c16-12-6-3-5-10(14(12)17)15(19-18)11-8-20-13-7-2-1-4-9(11)13/h1-7,11,15,19H,8,18H2. The molecule has 1 aliphatic heterocycles. The maximum Gasteiger partial charge on any atom is 0.142 e. The van der Waals surface area contributed by atoms with Crippen molar-refractivity contribution >= 4 is 15.9 Å². The van der Waals surface area contributed by atoms with Gasteiger partial charge in [-0.1, -0.05) is 30.3 Å². The molecule has 0 amide bonds. The van der Waals surface area contributed by atoms with E-state index in [1.54, 1.807) is 18.2 Å². The number of ether oxygens (including phenoxy) is 1. The molecule has 0 radical (unpaired) electrons. The van der Waals surface area contributed by atoms with E-state index in [1.807, 2.05) is 24.3 Å². The van der Waals surface area contributed by atoms with E-state index in [0.29, 0.717) is 16.6 Å². The maximum atomic E-state index is 14.3. The van der Waals surface area contributed by atoms with Crippen LogP contribution in [0.3, 0.4) is 0 Å². The molecule has 0 spiro atoms. The van der Waals surface area contributed by atoms with Crippen molar-refractivity contribution in [3.05, 3.63) is 63.9 Å². The van der Waals surface area contributed by atoms with E-state index in [1.165, 1.54) is 0 Å². The van der Waals surface area contributed by atoms with Gasteiger partial charge in [0.15, 0.2) is 0 Å². The monoisotopic (exact) mass is 336 g/mol. The largest absolute Gasteiger partial charge is 0.493 e. The summed E-state index contributed by atoms with van der Waals surface area (Å²) in [5.41, 5.74) is 4.31. The van der Waals surface area contributed by atoms with Crippen LogP contribution >= 0.6 is 15.9 Å². The van der Waals surface area contributed by atoms with E-state index in [0.717, 1.165) is 11.3 Å². The molecule has 1 aliphatic rings. The van der Waals surface area contributed by atoms with E-state index < -0.39 is 0 Å². The van der Waals surface area contributed by atoms with Gasteiger partial charge in [-0.25, -0.2) is 4.39 Å². The molecule has 0 fully saturated rings. The third-order valence-corrected chi connectivity index (χ3v) is 4.25. The highest BCUT2D eigenvalue weighted by atomic mass is 79.9. The number of hydrazine groups is 1. The maximum absolute atomic E-state index is 14.3. The van der Waals surface area contributed by atoms with Crippen molar-refractivity contribution < 1.29 is 9.13 Å². The molecule has 1 heterocycles.